The molecule has 0 saturated carbocycles. The average Bonchev–Trinajstić information content (AvgIpc) is 2.46. The monoisotopic (exact) mass is 161 g/mol. The number of anilines is 1. The van der Waals surface area contributed by atoms with Gasteiger partial charge in [0.05, 0.1) is 0 Å². The summed E-state index contributed by atoms with van der Waals surface area (Å²) in [5.41, 5.74) is 7.62. The Morgan fingerprint density at radius 1 is 1.50 bits per heavy atom. The smallest absolute Gasteiger partial charge is 0.139 e. The van der Waals surface area contributed by atoms with E-state index in [-0.39, 0.29) is 0 Å². The van der Waals surface area contributed by atoms with Gasteiger partial charge < -0.3 is 10.7 Å². The van der Waals surface area contributed by atoms with E-state index in [2.05, 4.69) is 23.0 Å². The number of nitrogens with zero attached hydrogens (tertiary/aromatic N) is 1. The largest absolute Gasteiger partial charge is 0.384 e. The number of rotatable bonds is 1. The Bertz CT molecular complexity index is 403. The topological polar surface area (TPSA) is 54.7 Å². The Kier molecular flexibility index (Phi) is 1.50. The molecule has 0 atom stereocenters. The summed E-state index contributed by atoms with van der Waals surface area (Å²) < 4.78 is 0. The van der Waals surface area contributed by atoms with Gasteiger partial charge in [-0.1, -0.05) is 6.92 Å². The molecule has 0 radical (unpaired) electrons. The van der Waals surface area contributed by atoms with Crippen LogP contribution in [0.25, 0.3) is 11.0 Å². The van der Waals surface area contributed by atoms with Crippen molar-refractivity contribution in [1.29, 1.82) is 0 Å². The molecule has 0 amide bonds. The van der Waals surface area contributed by atoms with E-state index in [9.17, 15) is 0 Å². The summed E-state index contributed by atoms with van der Waals surface area (Å²) in [6, 6.07) is 5.89. The first kappa shape index (κ1) is 7.16. The van der Waals surface area contributed by atoms with E-state index in [1.807, 2.05) is 12.1 Å². The number of aromatic amines is 1. The molecule has 0 aromatic carbocycles. The highest BCUT2D eigenvalue weighted by Gasteiger charge is 1.99. The Balaban J connectivity index is 2.67. The second kappa shape index (κ2) is 2.52. The number of nitrogen functional groups attached to an aromatic ring is 1. The lowest BCUT2D eigenvalue weighted by Crippen LogP contribution is -1.88. The van der Waals surface area contributed by atoms with Gasteiger partial charge in [-0.2, -0.15) is 0 Å². The second-order valence-electron chi connectivity index (χ2n) is 2.82. The molecule has 12 heavy (non-hydrogen) atoms. The molecule has 0 aliphatic carbocycles. The fourth-order valence-electron chi connectivity index (χ4n) is 1.27. The maximum atomic E-state index is 5.54. The predicted molar refractivity (Wildman–Crippen MR) is 49.9 cm³/mol. The molecule has 2 aromatic rings. The van der Waals surface area contributed by atoms with Gasteiger partial charge >= 0.3 is 0 Å². The first-order valence-electron chi connectivity index (χ1n) is 4.03. The minimum atomic E-state index is 0.562. The van der Waals surface area contributed by atoms with Gasteiger partial charge in [0.2, 0.25) is 0 Å². The molecule has 3 N–H and O–H groups in total. The Hall–Kier alpha value is -1.51. The molecule has 2 aromatic heterocycles. The number of nitrogens with one attached hydrogen (secondary N) is 1. The highest BCUT2D eigenvalue weighted by Crippen LogP contribution is 2.14. The van der Waals surface area contributed by atoms with Gasteiger partial charge in [-0.05, 0) is 24.6 Å². The lowest BCUT2D eigenvalue weighted by Gasteiger charge is -1.90. The minimum Gasteiger partial charge on any atom is -0.384 e. The van der Waals surface area contributed by atoms with Crippen LogP contribution in [0, 0.1) is 0 Å². The number of fused-ring (bicyclic) bond motifs is 1. The highest BCUT2D eigenvalue weighted by atomic mass is 14.9. The fourth-order valence-corrected chi connectivity index (χ4v) is 1.27. The van der Waals surface area contributed by atoms with E-state index in [1.165, 1.54) is 5.69 Å². The molecule has 3 nitrogen and oxygen atoms in total. The highest BCUT2D eigenvalue weighted by molar-refractivity contribution is 5.78. The van der Waals surface area contributed by atoms with Crippen molar-refractivity contribution >= 4 is 16.9 Å². The van der Waals surface area contributed by atoms with E-state index >= 15 is 0 Å². The maximum absolute atomic E-state index is 5.54. The second-order valence-corrected chi connectivity index (χ2v) is 2.82. The van der Waals surface area contributed by atoms with Crippen LogP contribution in [-0.4, -0.2) is 9.97 Å². The van der Waals surface area contributed by atoms with E-state index < -0.39 is 0 Å². The molecule has 0 aliphatic heterocycles. The van der Waals surface area contributed by atoms with Crippen molar-refractivity contribution in [3.8, 4) is 0 Å². The van der Waals surface area contributed by atoms with Crippen LogP contribution in [0.4, 0.5) is 5.82 Å². The molecule has 0 aliphatic rings. The average molecular weight is 161 g/mol. The van der Waals surface area contributed by atoms with Gasteiger partial charge in [-0.25, -0.2) is 4.98 Å². The van der Waals surface area contributed by atoms with Crippen molar-refractivity contribution < 1.29 is 0 Å². The molecular weight excluding hydrogens is 150 g/mol. The molecule has 0 saturated heterocycles. The van der Waals surface area contributed by atoms with Gasteiger partial charge in [0, 0.05) is 11.1 Å². The number of nitrogens with two attached hydrogens (primary N) is 1. The van der Waals surface area contributed by atoms with E-state index in [1.54, 1.807) is 0 Å². The van der Waals surface area contributed by atoms with Crippen LogP contribution in [0.2, 0.25) is 0 Å². The molecule has 0 spiro atoms. The third-order valence-electron chi connectivity index (χ3n) is 1.94. The summed E-state index contributed by atoms with van der Waals surface area (Å²) in [6.07, 6.45) is 0.996. The quantitative estimate of drug-likeness (QED) is 0.669. The number of pyridine rings is 1. The zero-order chi connectivity index (χ0) is 8.55. The SMILES string of the molecule is CCc1cc2ccc(N)nc2[nH]1. The van der Waals surface area contributed by atoms with E-state index in [0.717, 1.165) is 17.5 Å². The summed E-state index contributed by atoms with van der Waals surface area (Å²) in [7, 11) is 0. The molecule has 62 valence electrons. The van der Waals surface area contributed by atoms with Crippen molar-refractivity contribution in [3.05, 3.63) is 23.9 Å². The van der Waals surface area contributed by atoms with Gasteiger partial charge in [-0.3, -0.25) is 0 Å². The first-order valence-corrected chi connectivity index (χ1v) is 4.03. The van der Waals surface area contributed by atoms with Crippen LogP contribution in [0.5, 0.6) is 0 Å². The fraction of sp³-hybridized carbons (Fsp3) is 0.222. The third-order valence-corrected chi connectivity index (χ3v) is 1.94. The molecule has 0 fully saturated rings. The van der Waals surface area contributed by atoms with Crippen molar-refractivity contribution in [3.63, 3.8) is 0 Å². The summed E-state index contributed by atoms with van der Waals surface area (Å²) in [6.45, 7) is 2.11. The van der Waals surface area contributed by atoms with Crippen LogP contribution in [0.15, 0.2) is 18.2 Å². The predicted octanol–water partition coefficient (Wildman–Crippen LogP) is 1.71. The van der Waals surface area contributed by atoms with E-state index in [0.29, 0.717) is 5.82 Å². The van der Waals surface area contributed by atoms with Gasteiger partial charge in [-0.15, -0.1) is 0 Å². The number of H-pyrrole nitrogens is 1. The van der Waals surface area contributed by atoms with Gasteiger partial charge in [0.1, 0.15) is 11.5 Å². The molecule has 0 unspecified atom stereocenters. The zero-order valence-corrected chi connectivity index (χ0v) is 6.96. The van der Waals surface area contributed by atoms with Gasteiger partial charge in [0.15, 0.2) is 0 Å². The van der Waals surface area contributed by atoms with Crippen LogP contribution in [-0.2, 0) is 6.42 Å². The zero-order valence-electron chi connectivity index (χ0n) is 6.96. The normalized spacial score (nSPS) is 10.8. The number of aryl methyl sites for hydroxylation is 1. The standard InChI is InChI=1S/C9H11N3/c1-2-7-5-6-3-4-8(10)12-9(6)11-7/h3-5H,2H2,1H3,(H3,10,11,12). The minimum absolute atomic E-state index is 0.562. The van der Waals surface area contributed by atoms with E-state index in [4.69, 9.17) is 5.73 Å². The summed E-state index contributed by atoms with van der Waals surface area (Å²) in [4.78, 5) is 7.36. The van der Waals surface area contributed by atoms with Crippen molar-refractivity contribution in [2.45, 2.75) is 13.3 Å². The molecule has 2 rings (SSSR count). The molecular formula is C9H11N3. The van der Waals surface area contributed by atoms with Crippen molar-refractivity contribution in [1.82, 2.24) is 9.97 Å². The summed E-state index contributed by atoms with van der Waals surface area (Å²) >= 11 is 0. The molecule has 0 bridgehead atoms. The lowest BCUT2D eigenvalue weighted by atomic mass is 10.3. The third kappa shape index (κ3) is 1.03. The number of aromatic nitrogens is 2. The summed E-state index contributed by atoms with van der Waals surface area (Å²) in [5, 5.41) is 1.13. The van der Waals surface area contributed by atoms with Gasteiger partial charge in [0.25, 0.3) is 0 Å². The molecule has 2 heterocycles. The van der Waals surface area contributed by atoms with Crippen molar-refractivity contribution in [2.24, 2.45) is 0 Å². The Labute approximate surface area is 70.6 Å². The maximum Gasteiger partial charge on any atom is 0.139 e. The molecule has 3 heteroatoms. The lowest BCUT2D eigenvalue weighted by molar-refractivity contribution is 1.07. The number of hydrogen-bond donors (Lipinski definition) is 2. The van der Waals surface area contributed by atoms with Crippen LogP contribution >= 0.6 is 0 Å². The van der Waals surface area contributed by atoms with Crippen LogP contribution < -0.4 is 5.73 Å². The van der Waals surface area contributed by atoms with Crippen LogP contribution in [0.3, 0.4) is 0 Å². The van der Waals surface area contributed by atoms with Crippen molar-refractivity contribution in [2.75, 3.05) is 5.73 Å². The first-order chi connectivity index (χ1) is 5.79. The summed E-state index contributed by atoms with van der Waals surface area (Å²) in [5.74, 6) is 0.562. The van der Waals surface area contributed by atoms with Crippen LogP contribution in [0.1, 0.15) is 12.6 Å². The Morgan fingerprint density at radius 3 is 3.08 bits per heavy atom. The Morgan fingerprint density at radius 2 is 2.33 bits per heavy atom. The number of hydrogen-bond acceptors (Lipinski definition) is 2.